The van der Waals surface area contributed by atoms with E-state index in [1.165, 1.54) is 11.3 Å². The van der Waals surface area contributed by atoms with Crippen LogP contribution in [0, 0.1) is 12.8 Å². The summed E-state index contributed by atoms with van der Waals surface area (Å²) in [6, 6.07) is 0. The molecule has 1 aromatic heterocycles. The fraction of sp³-hybridized carbons (Fsp3) is 0.583. The molecule has 2 heterocycles. The van der Waals surface area contributed by atoms with Gasteiger partial charge in [-0.2, -0.15) is 0 Å². The maximum atomic E-state index is 12.3. The number of rotatable bonds is 3. The summed E-state index contributed by atoms with van der Waals surface area (Å²) in [6.07, 6.45) is 1.08. The van der Waals surface area contributed by atoms with Crippen LogP contribution in [0.25, 0.3) is 0 Å². The second-order valence-corrected chi connectivity index (χ2v) is 5.78. The summed E-state index contributed by atoms with van der Waals surface area (Å²) in [5.74, 6) is 0.662. The third kappa shape index (κ3) is 3.18. The molecule has 1 aliphatic rings. The van der Waals surface area contributed by atoms with E-state index >= 15 is 0 Å². The zero-order valence-electron chi connectivity index (χ0n) is 10.5. The number of likely N-dealkylation sites (tertiary alicyclic amines) is 1. The number of aryl methyl sites for hydroxylation is 1. The van der Waals surface area contributed by atoms with Crippen molar-refractivity contribution in [2.24, 2.45) is 5.92 Å². The number of hydrogen-bond donors (Lipinski definition) is 1. The second kappa shape index (κ2) is 6.75. The number of thiophene rings is 1. The van der Waals surface area contributed by atoms with Crippen molar-refractivity contribution in [3.8, 4) is 0 Å². The third-order valence-electron chi connectivity index (χ3n) is 3.16. The van der Waals surface area contributed by atoms with Crippen molar-refractivity contribution >= 4 is 41.3 Å². The molecule has 2 rings (SSSR count). The van der Waals surface area contributed by atoms with E-state index in [2.05, 4.69) is 5.32 Å². The largest absolute Gasteiger partial charge is 0.338 e. The summed E-state index contributed by atoms with van der Waals surface area (Å²) in [5.41, 5.74) is 0.992. The summed E-state index contributed by atoms with van der Waals surface area (Å²) in [4.78, 5) is 14.9. The first-order chi connectivity index (χ1) is 8.13. The molecule has 3 nitrogen and oxygen atoms in total. The molecule has 102 valence electrons. The molecule has 0 bridgehead atoms. The highest BCUT2D eigenvalue weighted by Crippen LogP contribution is 2.29. The third-order valence-corrected chi connectivity index (χ3v) is 4.84. The summed E-state index contributed by atoms with van der Waals surface area (Å²) < 4.78 is 0. The number of nitrogens with one attached hydrogen (secondary N) is 1. The van der Waals surface area contributed by atoms with Crippen molar-refractivity contribution in [3.05, 3.63) is 20.8 Å². The van der Waals surface area contributed by atoms with Crippen LogP contribution in [-0.2, 0) is 0 Å². The minimum atomic E-state index is 0. The molecule has 1 atom stereocenters. The number of amides is 1. The number of hydrogen-bond acceptors (Lipinski definition) is 3. The molecule has 0 radical (unpaired) electrons. The Morgan fingerprint density at radius 2 is 2.39 bits per heavy atom. The summed E-state index contributed by atoms with van der Waals surface area (Å²) in [7, 11) is 1.95. The van der Waals surface area contributed by atoms with Crippen molar-refractivity contribution in [1.29, 1.82) is 0 Å². The molecule has 0 spiro atoms. The summed E-state index contributed by atoms with van der Waals surface area (Å²) in [5, 5.41) is 5.73. The van der Waals surface area contributed by atoms with E-state index in [0.717, 1.165) is 31.6 Å². The minimum absolute atomic E-state index is 0. The SMILES string of the molecule is CNCC1CCN(C(=O)c2scc(C)c2Cl)C1.Cl. The smallest absolute Gasteiger partial charge is 0.265 e. The number of halogens is 2. The lowest BCUT2D eigenvalue weighted by atomic mass is 10.1. The van der Waals surface area contributed by atoms with E-state index in [1.807, 2.05) is 24.3 Å². The van der Waals surface area contributed by atoms with Crippen LogP contribution in [0.2, 0.25) is 5.02 Å². The van der Waals surface area contributed by atoms with E-state index in [1.54, 1.807) is 0 Å². The molecule has 6 heteroatoms. The van der Waals surface area contributed by atoms with Crippen LogP contribution in [0.3, 0.4) is 0 Å². The average Bonchev–Trinajstić information content (AvgIpc) is 2.88. The van der Waals surface area contributed by atoms with Gasteiger partial charge in [-0.05, 0) is 43.8 Å². The first-order valence-corrected chi connectivity index (χ1v) is 7.06. The van der Waals surface area contributed by atoms with Gasteiger partial charge < -0.3 is 10.2 Å². The van der Waals surface area contributed by atoms with Crippen LogP contribution in [0.1, 0.15) is 21.7 Å². The van der Waals surface area contributed by atoms with Gasteiger partial charge >= 0.3 is 0 Å². The van der Waals surface area contributed by atoms with Crippen molar-refractivity contribution < 1.29 is 4.79 Å². The topological polar surface area (TPSA) is 32.3 Å². The van der Waals surface area contributed by atoms with Gasteiger partial charge in [-0.3, -0.25) is 4.79 Å². The molecule has 1 fully saturated rings. The molecule has 1 unspecified atom stereocenters. The molecule has 0 aromatic carbocycles. The quantitative estimate of drug-likeness (QED) is 0.931. The van der Waals surface area contributed by atoms with Gasteiger partial charge in [0.15, 0.2) is 0 Å². The van der Waals surface area contributed by atoms with Gasteiger partial charge in [0.25, 0.3) is 5.91 Å². The Balaban J connectivity index is 0.00000162. The Morgan fingerprint density at radius 3 is 2.94 bits per heavy atom. The van der Waals surface area contributed by atoms with Gasteiger partial charge in [-0.1, -0.05) is 11.6 Å². The molecule has 1 aromatic rings. The Morgan fingerprint density at radius 1 is 1.67 bits per heavy atom. The highest BCUT2D eigenvalue weighted by molar-refractivity contribution is 7.13. The van der Waals surface area contributed by atoms with Crippen LogP contribution >= 0.6 is 35.3 Å². The van der Waals surface area contributed by atoms with E-state index in [-0.39, 0.29) is 18.3 Å². The van der Waals surface area contributed by atoms with E-state index < -0.39 is 0 Å². The zero-order chi connectivity index (χ0) is 12.4. The second-order valence-electron chi connectivity index (χ2n) is 4.53. The summed E-state index contributed by atoms with van der Waals surface area (Å²) >= 11 is 7.58. The first kappa shape index (κ1) is 15.8. The van der Waals surface area contributed by atoms with Gasteiger partial charge in [0.2, 0.25) is 0 Å². The summed E-state index contributed by atoms with van der Waals surface area (Å²) in [6.45, 7) is 4.59. The number of nitrogens with zero attached hydrogens (tertiary/aromatic N) is 1. The van der Waals surface area contributed by atoms with Crippen molar-refractivity contribution in [1.82, 2.24) is 10.2 Å². The maximum Gasteiger partial charge on any atom is 0.265 e. The van der Waals surface area contributed by atoms with Crippen LogP contribution in [0.15, 0.2) is 5.38 Å². The van der Waals surface area contributed by atoms with Gasteiger partial charge in [-0.15, -0.1) is 23.7 Å². The molecule has 0 saturated carbocycles. The van der Waals surface area contributed by atoms with Crippen LogP contribution in [0.4, 0.5) is 0 Å². The van der Waals surface area contributed by atoms with E-state index in [9.17, 15) is 4.79 Å². The highest BCUT2D eigenvalue weighted by Gasteiger charge is 2.28. The molecule has 1 N–H and O–H groups in total. The highest BCUT2D eigenvalue weighted by atomic mass is 35.5. The van der Waals surface area contributed by atoms with Gasteiger partial charge in [-0.25, -0.2) is 0 Å². The van der Waals surface area contributed by atoms with E-state index in [4.69, 9.17) is 11.6 Å². The lowest BCUT2D eigenvalue weighted by Crippen LogP contribution is -2.30. The molecule has 1 amide bonds. The molecular formula is C12H18Cl2N2OS. The van der Waals surface area contributed by atoms with Gasteiger partial charge in [0.1, 0.15) is 4.88 Å². The normalized spacial score (nSPS) is 18.8. The molecular weight excluding hydrogens is 291 g/mol. The number of carbonyl (C=O) groups excluding carboxylic acids is 1. The zero-order valence-corrected chi connectivity index (χ0v) is 12.9. The predicted octanol–water partition coefficient (Wildman–Crippen LogP) is 2.81. The van der Waals surface area contributed by atoms with Crippen LogP contribution in [-0.4, -0.2) is 37.5 Å². The van der Waals surface area contributed by atoms with Gasteiger partial charge in [0.05, 0.1) is 5.02 Å². The minimum Gasteiger partial charge on any atom is -0.338 e. The lowest BCUT2D eigenvalue weighted by Gasteiger charge is -2.15. The fourth-order valence-electron chi connectivity index (χ4n) is 2.19. The predicted molar refractivity (Wildman–Crippen MR) is 79.3 cm³/mol. The molecule has 0 aliphatic carbocycles. The molecule has 1 aliphatic heterocycles. The Hall–Kier alpha value is -0.290. The van der Waals surface area contributed by atoms with Crippen LogP contribution in [0.5, 0.6) is 0 Å². The van der Waals surface area contributed by atoms with Crippen molar-refractivity contribution in [3.63, 3.8) is 0 Å². The average molecular weight is 309 g/mol. The van der Waals surface area contributed by atoms with Crippen molar-refractivity contribution in [2.75, 3.05) is 26.7 Å². The van der Waals surface area contributed by atoms with Crippen molar-refractivity contribution in [2.45, 2.75) is 13.3 Å². The molecule has 18 heavy (non-hydrogen) atoms. The fourth-order valence-corrected chi connectivity index (χ4v) is 3.43. The number of carbonyl (C=O) groups is 1. The van der Waals surface area contributed by atoms with Crippen LogP contribution < -0.4 is 5.32 Å². The Bertz CT molecular complexity index is 422. The maximum absolute atomic E-state index is 12.3. The standard InChI is InChI=1S/C12H17ClN2OS.ClH/c1-8-7-17-11(10(8)13)12(16)15-4-3-9(6-15)5-14-2;/h7,9,14H,3-6H2,1-2H3;1H. The van der Waals surface area contributed by atoms with Gasteiger partial charge in [0, 0.05) is 13.1 Å². The lowest BCUT2D eigenvalue weighted by molar-refractivity contribution is 0.0792. The monoisotopic (exact) mass is 308 g/mol. The first-order valence-electron chi connectivity index (χ1n) is 5.81. The van der Waals surface area contributed by atoms with E-state index in [0.29, 0.717) is 15.8 Å². The Labute approximate surface area is 123 Å². The Kier molecular flexibility index (Phi) is 5.92. The molecule has 1 saturated heterocycles.